The molecule has 0 fully saturated rings. The number of hydrogen-bond donors (Lipinski definition) is 2. The fourth-order valence-corrected chi connectivity index (χ4v) is 1.88. The molecule has 6 nitrogen and oxygen atoms in total. The van der Waals surface area contributed by atoms with Gasteiger partial charge in [0, 0.05) is 5.39 Å². The average molecular weight is 218 g/mol. The molecule has 0 saturated heterocycles. The lowest BCUT2D eigenvalue weighted by Gasteiger charge is -1.93. The van der Waals surface area contributed by atoms with Crippen LogP contribution in [0.5, 0.6) is 0 Å². The molecule has 0 atom stereocenters. The summed E-state index contributed by atoms with van der Waals surface area (Å²) in [5, 5.41) is 16.6. The number of aromatic nitrogens is 5. The SMILES string of the molecule is Nc1nnc(-c2cc3cn[nH]c3cn2)s1. The number of nitrogens with one attached hydrogen (secondary N) is 1. The van der Waals surface area contributed by atoms with Crippen LogP contribution in [0.1, 0.15) is 0 Å². The van der Waals surface area contributed by atoms with E-state index in [1.807, 2.05) is 6.07 Å². The molecular formula is C8H6N6S. The third-order valence-corrected chi connectivity index (χ3v) is 2.76. The van der Waals surface area contributed by atoms with Crippen molar-refractivity contribution in [3.05, 3.63) is 18.5 Å². The quantitative estimate of drug-likeness (QED) is 0.637. The van der Waals surface area contributed by atoms with Crippen molar-refractivity contribution in [3.8, 4) is 10.7 Å². The van der Waals surface area contributed by atoms with Gasteiger partial charge in [0.05, 0.1) is 17.9 Å². The molecule has 3 aromatic rings. The van der Waals surface area contributed by atoms with E-state index < -0.39 is 0 Å². The van der Waals surface area contributed by atoms with Crippen LogP contribution in [0.4, 0.5) is 5.13 Å². The van der Waals surface area contributed by atoms with Gasteiger partial charge < -0.3 is 5.73 Å². The number of pyridine rings is 1. The summed E-state index contributed by atoms with van der Waals surface area (Å²) in [5.74, 6) is 0. The molecule has 0 spiro atoms. The Morgan fingerprint density at radius 1 is 1.27 bits per heavy atom. The van der Waals surface area contributed by atoms with Gasteiger partial charge in [-0.3, -0.25) is 10.1 Å². The van der Waals surface area contributed by atoms with Gasteiger partial charge in [0.25, 0.3) is 0 Å². The number of nitrogens with zero attached hydrogens (tertiary/aromatic N) is 4. The number of nitrogen functional groups attached to an aromatic ring is 1. The van der Waals surface area contributed by atoms with Crippen LogP contribution in [0.25, 0.3) is 21.6 Å². The lowest BCUT2D eigenvalue weighted by molar-refractivity contribution is 1.09. The number of rotatable bonds is 1. The molecule has 74 valence electrons. The van der Waals surface area contributed by atoms with Crippen LogP contribution in [0, 0.1) is 0 Å². The minimum absolute atomic E-state index is 0.444. The summed E-state index contributed by atoms with van der Waals surface area (Å²) in [6, 6.07) is 1.90. The van der Waals surface area contributed by atoms with Gasteiger partial charge in [0.1, 0.15) is 5.69 Å². The van der Waals surface area contributed by atoms with E-state index in [0.717, 1.165) is 21.6 Å². The highest BCUT2D eigenvalue weighted by Crippen LogP contribution is 2.24. The Hall–Kier alpha value is -2.02. The summed E-state index contributed by atoms with van der Waals surface area (Å²) in [7, 11) is 0. The summed E-state index contributed by atoms with van der Waals surface area (Å²) in [6.07, 6.45) is 3.46. The second-order valence-corrected chi connectivity index (χ2v) is 3.98. The maximum absolute atomic E-state index is 5.51. The highest BCUT2D eigenvalue weighted by molar-refractivity contribution is 7.18. The van der Waals surface area contributed by atoms with Gasteiger partial charge >= 0.3 is 0 Å². The number of anilines is 1. The van der Waals surface area contributed by atoms with Crippen molar-refractivity contribution < 1.29 is 0 Å². The van der Waals surface area contributed by atoms with Crippen molar-refractivity contribution in [1.29, 1.82) is 0 Å². The van der Waals surface area contributed by atoms with Gasteiger partial charge in [-0.1, -0.05) is 11.3 Å². The van der Waals surface area contributed by atoms with E-state index in [-0.39, 0.29) is 0 Å². The van der Waals surface area contributed by atoms with Crippen molar-refractivity contribution >= 4 is 27.4 Å². The van der Waals surface area contributed by atoms with Crippen LogP contribution in [0.2, 0.25) is 0 Å². The molecule has 15 heavy (non-hydrogen) atoms. The standard InChI is InChI=1S/C8H6N6S/c9-8-14-13-7(15-8)5-1-4-2-11-12-6(4)3-10-5/h1-3H,(H2,9,14)(H,11,12). The Morgan fingerprint density at radius 3 is 3.00 bits per heavy atom. The Bertz CT molecular complexity index is 612. The Morgan fingerprint density at radius 2 is 2.20 bits per heavy atom. The van der Waals surface area contributed by atoms with Gasteiger partial charge in [0.15, 0.2) is 5.01 Å². The number of fused-ring (bicyclic) bond motifs is 1. The van der Waals surface area contributed by atoms with Crippen LogP contribution >= 0.6 is 11.3 Å². The van der Waals surface area contributed by atoms with Crippen molar-refractivity contribution in [2.75, 3.05) is 5.73 Å². The topological polar surface area (TPSA) is 93.4 Å². The minimum Gasteiger partial charge on any atom is -0.374 e. The molecule has 0 unspecified atom stereocenters. The summed E-state index contributed by atoms with van der Waals surface area (Å²) >= 11 is 1.31. The molecule has 0 aromatic carbocycles. The zero-order valence-corrected chi connectivity index (χ0v) is 8.32. The van der Waals surface area contributed by atoms with E-state index in [2.05, 4.69) is 25.4 Å². The van der Waals surface area contributed by atoms with Gasteiger partial charge in [-0.15, -0.1) is 10.2 Å². The third kappa shape index (κ3) is 1.33. The predicted octanol–water partition coefficient (Wildman–Crippen LogP) is 1.06. The van der Waals surface area contributed by atoms with Crippen molar-refractivity contribution in [3.63, 3.8) is 0 Å². The molecule has 0 saturated carbocycles. The van der Waals surface area contributed by atoms with E-state index in [1.54, 1.807) is 12.4 Å². The molecule has 0 bridgehead atoms. The van der Waals surface area contributed by atoms with Crippen LogP contribution in [0.15, 0.2) is 18.5 Å². The van der Waals surface area contributed by atoms with Crippen molar-refractivity contribution in [2.45, 2.75) is 0 Å². The van der Waals surface area contributed by atoms with Crippen molar-refractivity contribution in [2.24, 2.45) is 0 Å². The predicted molar refractivity (Wildman–Crippen MR) is 57.2 cm³/mol. The number of nitrogens with two attached hydrogens (primary N) is 1. The second kappa shape index (κ2) is 2.99. The smallest absolute Gasteiger partial charge is 0.203 e. The fraction of sp³-hybridized carbons (Fsp3) is 0. The van der Waals surface area contributed by atoms with E-state index >= 15 is 0 Å². The maximum atomic E-state index is 5.51. The van der Waals surface area contributed by atoms with Gasteiger partial charge in [0.2, 0.25) is 5.13 Å². The summed E-state index contributed by atoms with van der Waals surface area (Å²) < 4.78 is 0. The largest absolute Gasteiger partial charge is 0.374 e. The monoisotopic (exact) mass is 218 g/mol. The zero-order chi connectivity index (χ0) is 10.3. The zero-order valence-electron chi connectivity index (χ0n) is 7.51. The normalized spacial score (nSPS) is 10.9. The van der Waals surface area contributed by atoms with Crippen molar-refractivity contribution in [1.82, 2.24) is 25.4 Å². The molecule has 0 aliphatic rings. The lowest BCUT2D eigenvalue weighted by atomic mass is 10.3. The molecule has 0 amide bonds. The molecule has 0 aliphatic heterocycles. The summed E-state index contributed by atoms with van der Waals surface area (Å²) in [5.41, 5.74) is 7.17. The van der Waals surface area contributed by atoms with Gasteiger partial charge in [-0.05, 0) is 6.07 Å². The van der Waals surface area contributed by atoms with Gasteiger partial charge in [-0.2, -0.15) is 5.10 Å². The number of hydrogen-bond acceptors (Lipinski definition) is 6. The fourth-order valence-electron chi connectivity index (χ4n) is 1.30. The molecule has 3 aromatic heterocycles. The Labute approximate surface area is 88.2 Å². The molecule has 7 heteroatoms. The molecule has 3 rings (SSSR count). The number of H-pyrrole nitrogens is 1. The Balaban J connectivity index is 2.18. The molecule has 0 aliphatic carbocycles. The molecule has 3 heterocycles. The van der Waals surface area contributed by atoms with E-state index in [4.69, 9.17) is 5.73 Å². The first-order chi connectivity index (χ1) is 7.33. The van der Waals surface area contributed by atoms with Crippen LogP contribution in [-0.4, -0.2) is 25.4 Å². The third-order valence-electron chi connectivity index (χ3n) is 1.98. The lowest BCUT2D eigenvalue weighted by Crippen LogP contribution is -1.82. The van der Waals surface area contributed by atoms with Crippen LogP contribution in [-0.2, 0) is 0 Å². The second-order valence-electron chi connectivity index (χ2n) is 2.97. The molecule has 3 N–H and O–H groups in total. The number of aromatic amines is 1. The Kier molecular flexibility index (Phi) is 1.65. The van der Waals surface area contributed by atoms with E-state index in [0.29, 0.717) is 5.13 Å². The van der Waals surface area contributed by atoms with Crippen LogP contribution in [0.3, 0.4) is 0 Å². The molecular weight excluding hydrogens is 212 g/mol. The average Bonchev–Trinajstić information content (AvgIpc) is 2.84. The van der Waals surface area contributed by atoms with Gasteiger partial charge in [-0.25, -0.2) is 0 Å². The first-order valence-electron chi connectivity index (χ1n) is 4.21. The first-order valence-corrected chi connectivity index (χ1v) is 5.03. The maximum Gasteiger partial charge on any atom is 0.203 e. The first kappa shape index (κ1) is 8.30. The highest BCUT2D eigenvalue weighted by Gasteiger charge is 2.07. The van der Waals surface area contributed by atoms with Crippen LogP contribution < -0.4 is 5.73 Å². The van der Waals surface area contributed by atoms with E-state index in [9.17, 15) is 0 Å². The summed E-state index contributed by atoms with van der Waals surface area (Å²) in [4.78, 5) is 4.24. The van der Waals surface area contributed by atoms with E-state index in [1.165, 1.54) is 11.3 Å². The minimum atomic E-state index is 0.444. The highest BCUT2D eigenvalue weighted by atomic mass is 32.1. The molecule has 0 radical (unpaired) electrons. The summed E-state index contributed by atoms with van der Waals surface area (Å²) in [6.45, 7) is 0.